The molecule has 0 fully saturated rings. The average molecular weight is 306 g/mol. The molecule has 0 aliphatic rings. The summed E-state index contributed by atoms with van der Waals surface area (Å²) in [5.74, 6) is 0. The molecule has 20 heavy (non-hydrogen) atoms. The molecular formula is C12H20ClN3O4. The van der Waals surface area contributed by atoms with Gasteiger partial charge in [-0.25, -0.2) is 0 Å². The fourth-order valence-corrected chi connectivity index (χ4v) is 1.35. The molecule has 1 aromatic heterocycles. The zero-order valence-corrected chi connectivity index (χ0v) is 12.6. The molecule has 1 rings (SSSR count). The topological polar surface area (TPSA) is 75.6 Å². The molecule has 0 aliphatic heterocycles. The Hall–Kier alpha value is -1.18. The maximum atomic E-state index is 5.77. The zero-order valence-electron chi connectivity index (χ0n) is 11.8. The van der Waals surface area contributed by atoms with E-state index >= 15 is 0 Å². The van der Waals surface area contributed by atoms with E-state index in [4.69, 9.17) is 30.5 Å². The Balaban J connectivity index is 2.26. The van der Waals surface area contributed by atoms with Crippen LogP contribution in [0.3, 0.4) is 0 Å². The number of ether oxygens (including phenoxy) is 4. The van der Waals surface area contributed by atoms with Crippen molar-refractivity contribution in [2.75, 3.05) is 40.1 Å². The Morgan fingerprint density at radius 2 is 1.60 bits per heavy atom. The second-order valence-electron chi connectivity index (χ2n) is 3.83. The van der Waals surface area contributed by atoms with Gasteiger partial charge in [0, 0.05) is 20.1 Å². The van der Waals surface area contributed by atoms with Crippen LogP contribution < -0.4 is 9.47 Å². The van der Waals surface area contributed by atoms with Crippen LogP contribution in [0.4, 0.5) is 0 Å². The van der Waals surface area contributed by atoms with Crippen LogP contribution in [-0.4, -0.2) is 55.1 Å². The van der Waals surface area contributed by atoms with Gasteiger partial charge in [0.25, 0.3) is 0 Å². The number of hydrogen-bond donors (Lipinski definition) is 0. The van der Waals surface area contributed by atoms with Gasteiger partial charge >= 0.3 is 12.0 Å². The molecule has 0 aromatic carbocycles. The third-order valence-electron chi connectivity index (χ3n) is 2.10. The molecule has 0 N–H and O–H groups in total. The van der Waals surface area contributed by atoms with Crippen molar-refractivity contribution in [2.45, 2.75) is 19.8 Å². The van der Waals surface area contributed by atoms with E-state index in [1.807, 2.05) is 6.92 Å². The van der Waals surface area contributed by atoms with E-state index in [1.165, 1.54) is 0 Å². The number of methoxy groups -OCH3 is 1. The summed E-state index contributed by atoms with van der Waals surface area (Å²) in [6.45, 7) is 4.68. The van der Waals surface area contributed by atoms with Gasteiger partial charge in [0.1, 0.15) is 0 Å². The standard InChI is InChI=1S/C12H20ClN3O4/c1-3-5-19-11-14-10(13)15-12(16-11)20-7-4-6-18-9-8-17-2/h3-9H2,1-2H3. The van der Waals surface area contributed by atoms with E-state index in [1.54, 1.807) is 7.11 Å². The van der Waals surface area contributed by atoms with Crippen molar-refractivity contribution in [3.63, 3.8) is 0 Å². The summed E-state index contributed by atoms with van der Waals surface area (Å²) in [6.07, 6.45) is 1.58. The Bertz CT molecular complexity index is 382. The Morgan fingerprint density at radius 1 is 0.900 bits per heavy atom. The minimum Gasteiger partial charge on any atom is -0.463 e. The van der Waals surface area contributed by atoms with Crippen LogP contribution in [-0.2, 0) is 9.47 Å². The number of hydrogen-bond acceptors (Lipinski definition) is 7. The summed E-state index contributed by atoms with van der Waals surface area (Å²) in [7, 11) is 1.63. The van der Waals surface area contributed by atoms with Crippen molar-refractivity contribution < 1.29 is 18.9 Å². The van der Waals surface area contributed by atoms with E-state index in [-0.39, 0.29) is 17.3 Å². The highest BCUT2D eigenvalue weighted by Crippen LogP contribution is 2.13. The van der Waals surface area contributed by atoms with Gasteiger partial charge in [0.05, 0.1) is 26.4 Å². The van der Waals surface area contributed by atoms with Gasteiger partial charge in [-0.2, -0.15) is 9.97 Å². The SMILES string of the molecule is CCCOc1nc(Cl)nc(OCCCOCCOC)n1. The first kappa shape index (κ1) is 16.9. The lowest BCUT2D eigenvalue weighted by atomic mass is 10.5. The van der Waals surface area contributed by atoms with Gasteiger partial charge in [-0.05, 0) is 18.0 Å². The Kier molecular flexibility index (Phi) is 8.93. The maximum Gasteiger partial charge on any atom is 0.323 e. The predicted molar refractivity (Wildman–Crippen MR) is 73.4 cm³/mol. The van der Waals surface area contributed by atoms with Crippen LogP contribution in [0.15, 0.2) is 0 Å². The molecule has 0 radical (unpaired) electrons. The third kappa shape index (κ3) is 7.42. The second kappa shape index (κ2) is 10.6. The van der Waals surface area contributed by atoms with E-state index in [9.17, 15) is 0 Å². The van der Waals surface area contributed by atoms with E-state index < -0.39 is 0 Å². The van der Waals surface area contributed by atoms with E-state index in [0.29, 0.717) is 33.0 Å². The normalized spacial score (nSPS) is 10.6. The molecule has 0 saturated carbocycles. The lowest BCUT2D eigenvalue weighted by Gasteiger charge is -2.07. The lowest BCUT2D eigenvalue weighted by molar-refractivity contribution is 0.0638. The van der Waals surface area contributed by atoms with E-state index in [2.05, 4.69) is 15.0 Å². The number of rotatable bonds is 11. The summed E-state index contributed by atoms with van der Waals surface area (Å²) < 4.78 is 20.8. The fourth-order valence-electron chi connectivity index (χ4n) is 1.21. The summed E-state index contributed by atoms with van der Waals surface area (Å²) in [5.41, 5.74) is 0. The molecular weight excluding hydrogens is 286 g/mol. The fraction of sp³-hybridized carbons (Fsp3) is 0.750. The molecule has 7 nitrogen and oxygen atoms in total. The highest BCUT2D eigenvalue weighted by Gasteiger charge is 2.06. The van der Waals surface area contributed by atoms with Crippen LogP contribution in [0.1, 0.15) is 19.8 Å². The summed E-state index contributed by atoms with van der Waals surface area (Å²) >= 11 is 5.77. The van der Waals surface area contributed by atoms with Crippen molar-refractivity contribution in [1.82, 2.24) is 15.0 Å². The molecule has 0 saturated heterocycles. The van der Waals surface area contributed by atoms with Crippen molar-refractivity contribution in [2.24, 2.45) is 0 Å². The highest BCUT2D eigenvalue weighted by atomic mass is 35.5. The van der Waals surface area contributed by atoms with Crippen molar-refractivity contribution in [1.29, 1.82) is 0 Å². The van der Waals surface area contributed by atoms with Crippen LogP contribution in [0, 0.1) is 0 Å². The van der Waals surface area contributed by atoms with Gasteiger partial charge < -0.3 is 18.9 Å². The minimum absolute atomic E-state index is 0.0532. The van der Waals surface area contributed by atoms with Gasteiger partial charge in [-0.1, -0.05) is 6.92 Å². The number of aromatic nitrogens is 3. The summed E-state index contributed by atoms with van der Waals surface area (Å²) in [5, 5.41) is 0.0532. The molecule has 0 atom stereocenters. The lowest BCUT2D eigenvalue weighted by Crippen LogP contribution is -2.09. The highest BCUT2D eigenvalue weighted by molar-refractivity contribution is 6.28. The minimum atomic E-state index is 0.0532. The smallest absolute Gasteiger partial charge is 0.323 e. The monoisotopic (exact) mass is 305 g/mol. The molecule has 0 unspecified atom stereocenters. The van der Waals surface area contributed by atoms with Crippen molar-refractivity contribution in [3.05, 3.63) is 5.28 Å². The Labute approximate surface area is 123 Å². The van der Waals surface area contributed by atoms with Gasteiger partial charge in [0.2, 0.25) is 5.28 Å². The van der Waals surface area contributed by atoms with Crippen LogP contribution in [0.2, 0.25) is 5.28 Å². The van der Waals surface area contributed by atoms with Gasteiger partial charge in [-0.3, -0.25) is 0 Å². The largest absolute Gasteiger partial charge is 0.463 e. The molecule has 114 valence electrons. The molecule has 1 heterocycles. The third-order valence-corrected chi connectivity index (χ3v) is 2.27. The first-order valence-corrected chi connectivity index (χ1v) is 6.88. The van der Waals surface area contributed by atoms with Crippen molar-refractivity contribution >= 4 is 11.6 Å². The first-order chi connectivity index (χ1) is 9.76. The average Bonchev–Trinajstić information content (AvgIpc) is 2.43. The maximum absolute atomic E-state index is 5.77. The molecule has 0 bridgehead atoms. The quantitative estimate of drug-likeness (QED) is 0.576. The molecule has 0 spiro atoms. The van der Waals surface area contributed by atoms with Gasteiger partial charge in [-0.15, -0.1) is 4.98 Å². The zero-order chi connectivity index (χ0) is 14.6. The molecule has 1 aromatic rings. The molecule has 0 aliphatic carbocycles. The Morgan fingerprint density at radius 3 is 2.25 bits per heavy atom. The second-order valence-corrected chi connectivity index (χ2v) is 4.16. The van der Waals surface area contributed by atoms with Crippen LogP contribution in [0.5, 0.6) is 12.0 Å². The number of halogens is 1. The van der Waals surface area contributed by atoms with E-state index in [0.717, 1.165) is 12.8 Å². The molecule has 0 amide bonds. The molecule has 8 heteroatoms. The predicted octanol–water partition coefficient (Wildman–Crippen LogP) is 1.75. The first-order valence-electron chi connectivity index (χ1n) is 6.50. The number of nitrogens with zero attached hydrogens (tertiary/aromatic N) is 3. The summed E-state index contributed by atoms with van der Waals surface area (Å²) in [6, 6.07) is 0.339. The summed E-state index contributed by atoms with van der Waals surface area (Å²) in [4.78, 5) is 11.7. The van der Waals surface area contributed by atoms with Crippen LogP contribution in [0.25, 0.3) is 0 Å². The van der Waals surface area contributed by atoms with Crippen molar-refractivity contribution in [3.8, 4) is 12.0 Å². The van der Waals surface area contributed by atoms with Crippen LogP contribution >= 0.6 is 11.6 Å². The van der Waals surface area contributed by atoms with Gasteiger partial charge in [0.15, 0.2) is 0 Å².